The second-order valence-electron chi connectivity index (χ2n) is 15.3. The summed E-state index contributed by atoms with van der Waals surface area (Å²) < 4.78 is 12.7. The molecule has 3 nitrogen and oxygen atoms in total. The maximum atomic E-state index is 6.57. The predicted octanol–water partition coefficient (Wildman–Crippen LogP) is 16.3. The maximum absolute atomic E-state index is 6.57. The Bertz CT molecular complexity index is 3570. The van der Waals surface area contributed by atoms with Gasteiger partial charge in [0, 0.05) is 38.5 Å². The Hall–Kier alpha value is -7.88. The third kappa shape index (κ3) is 5.59. The Morgan fingerprint density at radius 1 is 0.288 bits per heavy atom. The molecule has 0 unspecified atom stereocenters. The first-order valence-electron chi connectivity index (χ1n) is 20.1. The molecule has 0 aliphatic rings. The molecule has 2 heterocycles. The Labute approximate surface area is 340 Å². The molecular formula is C56H35NO2. The fourth-order valence-corrected chi connectivity index (χ4v) is 8.96. The predicted molar refractivity (Wildman–Crippen MR) is 247 cm³/mol. The van der Waals surface area contributed by atoms with Gasteiger partial charge in [0.1, 0.15) is 22.3 Å². The van der Waals surface area contributed by atoms with Crippen molar-refractivity contribution in [2.75, 3.05) is 4.90 Å². The summed E-state index contributed by atoms with van der Waals surface area (Å²) in [7, 11) is 0. The maximum Gasteiger partial charge on any atom is 0.136 e. The van der Waals surface area contributed by atoms with Crippen molar-refractivity contribution in [3.63, 3.8) is 0 Å². The van der Waals surface area contributed by atoms with Gasteiger partial charge in [-0.3, -0.25) is 0 Å². The summed E-state index contributed by atoms with van der Waals surface area (Å²) in [6.45, 7) is 0. The summed E-state index contributed by atoms with van der Waals surface area (Å²) >= 11 is 0. The van der Waals surface area contributed by atoms with Gasteiger partial charge in [-0.15, -0.1) is 0 Å². The average Bonchev–Trinajstić information content (AvgIpc) is 3.86. The number of nitrogens with zero attached hydrogens (tertiary/aromatic N) is 1. The quantitative estimate of drug-likeness (QED) is 0.169. The molecule has 0 atom stereocenters. The third-order valence-electron chi connectivity index (χ3n) is 11.8. The van der Waals surface area contributed by atoms with Gasteiger partial charge in [-0.2, -0.15) is 0 Å². The topological polar surface area (TPSA) is 29.5 Å². The molecule has 0 saturated carbocycles. The first-order valence-corrected chi connectivity index (χ1v) is 20.1. The summed E-state index contributed by atoms with van der Waals surface area (Å²) in [5, 5.41) is 9.29. The van der Waals surface area contributed by atoms with Gasteiger partial charge in [0.05, 0.1) is 5.69 Å². The van der Waals surface area contributed by atoms with E-state index in [4.69, 9.17) is 8.83 Å². The fraction of sp³-hybridized carbons (Fsp3) is 0. The molecule has 276 valence electrons. The van der Waals surface area contributed by atoms with Crippen LogP contribution in [-0.2, 0) is 0 Å². The highest BCUT2D eigenvalue weighted by Gasteiger charge is 2.21. The second kappa shape index (κ2) is 13.4. The summed E-state index contributed by atoms with van der Waals surface area (Å²) in [6, 6.07) is 76.0. The Kier molecular flexibility index (Phi) is 7.54. The van der Waals surface area contributed by atoms with Crippen molar-refractivity contribution >= 4 is 82.5 Å². The van der Waals surface area contributed by atoms with Crippen molar-refractivity contribution in [1.29, 1.82) is 0 Å². The van der Waals surface area contributed by atoms with E-state index < -0.39 is 0 Å². The van der Waals surface area contributed by atoms with E-state index in [9.17, 15) is 0 Å². The van der Waals surface area contributed by atoms with Gasteiger partial charge in [0.15, 0.2) is 0 Å². The van der Waals surface area contributed by atoms with Crippen molar-refractivity contribution in [3.8, 4) is 33.4 Å². The molecule has 0 aliphatic carbocycles. The van der Waals surface area contributed by atoms with Crippen LogP contribution in [0.2, 0.25) is 0 Å². The van der Waals surface area contributed by atoms with Crippen LogP contribution in [0, 0.1) is 0 Å². The number of anilines is 3. The van der Waals surface area contributed by atoms with Gasteiger partial charge in [0.25, 0.3) is 0 Å². The van der Waals surface area contributed by atoms with Crippen molar-refractivity contribution in [1.82, 2.24) is 0 Å². The number of furan rings is 2. The van der Waals surface area contributed by atoms with Crippen LogP contribution in [0.4, 0.5) is 17.1 Å². The largest absolute Gasteiger partial charge is 0.456 e. The Balaban J connectivity index is 1.04. The molecule has 0 fully saturated rings. The molecule has 0 spiro atoms. The molecule has 0 bridgehead atoms. The summed E-state index contributed by atoms with van der Waals surface area (Å²) in [5.74, 6) is 0. The fourth-order valence-electron chi connectivity index (χ4n) is 8.96. The van der Waals surface area contributed by atoms with Crippen LogP contribution in [0.1, 0.15) is 0 Å². The number of benzene rings is 10. The molecule has 0 amide bonds. The highest BCUT2D eigenvalue weighted by atomic mass is 16.3. The monoisotopic (exact) mass is 753 g/mol. The third-order valence-corrected chi connectivity index (χ3v) is 11.8. The first-order chi connectivity index (χ1) is 29.2. The summed E-state index contributed by atoms with van der Waals surface area (Å²) in [6.07, 6.45) is 0. The lowest BCUT2D eigenvalue weighted by molar-refractivity contribution is 0.669. The van der Waals surface area contributed by atoms with Crippen LogP contribution in [-0.4, -0.2) is 0 Å². The lowest BCUT2D eigenvalue weighted by Crippen LogP contribution is -2.11. The van der Waals surface area contributed by atoms with E-state index in [2.05, 4.69) is 205 Å². The van der Waals surface area contributed by atoms with Crippen LogP contribution in [0.25, 0.3) is 98.8 Å². The van der Waals surface area contributed by atoms with Crippen LogP contribution < -0.4 is 4.90 Å². The Morgan fingerprint density at radius 3 is 1.78 bits per heavy atom. The molecule has 2 aromatic heterocycles. The van der Waals surface area contributed by atoms with Gasteiger partial charge in [0.2, 0.25) is 0 Å². The van der Waals surface area contributed by atoms with E-state index in [1.165, 1.54) is 27.1 Å². The van der Waals surface area contributed by atoms with Crippen molar-refractivity contribution in [2.24, 2.45) is 0 Å². The highest BCUT2D eigenvalue weighted by Crippen LogP contribution is 2.46. The zero-order valence-electron chi connectivity index (χ0n) is 32.0. The number of para-hydroxylation sites is 2. The molecular weight excluding hydrogens is 719 g/mol. The van der Waals surface area contributed by atoms with Crippen molar-refractivity contribution in [2.45, 2.75) is 0 Å². The molecule has 59 heavy (non-hydrogen) atoms. The van der Waals surface area contributed by atoms with Crippen LogP contribution in [0.15, 0.2) is 221 Å². The smallest absolute Gasteiger partial charge is 0.136 e. The lowest BCUT2D eigenvalue weighted by Gasteiger charge is -2.28. The van der Waals surface area contributed by atoms with Gasteiger partial charge in [-0.05, 0) is 122 Å². The molecule has 0 saturated heterocycles. The van der Waals surface area contributed by atoms with Gasteiger partial charge in [-0.25, -0.2) is 0 Å². The number of rotatable bonds is 6. The van der Waals surface area contributed by atoms with Crippen LogP contribution in [0.5, 0.6) is 0 Å². The standard InChI is InChI=1S/C56H35NO2/c1-2-12-38-31-42(24-23-36(38)11-1)39-15-9-16-45(32-39)57(44-28-25-37(26-29-44)43-27-30-53-49(33-43)47-18-6-8-21-52(47)58-53)51-20-7-5-17-46(51)48-19-10-22-54-56(48)50-34-40-13-3-4-14-41(40)35-55(50)59-54/h1-35H. The van der Waals surface area contributed by atoms with Crippen molar-refractivity contribution < 1.29 is 8.83 Å². The van der Waals surface area contributed by atoms with E-state index >= 15 is 0 Å². The summed E-state index contributed by atoms with van der Waals surface area (Å²) in [5.41, 5.74) is 13.6. The zero-order chi connectivity index (χ0) is 38.9. The highest BCUT2D eigenvalue weighted by molar-refractivity contribution is 6.16. The minimum atomic E-state index is 0.874. The number of hydrogen-bond donors (Lipinski definition) is 0. The first kappa shape index (κ1) is 33.3. The zero-order valence-corrected chi connectivity index (χ0v) is 32.0. The molecule has 0 N–H and O–H groups in total. The van der Waals surface area contributed by atoms with E-state index in [0.717, 1.165) is 88.8 Å². The van der Waals surface area contributed by atoms with E-state index in [-0.39, 0.29) is 0 Å². The van der Waals surface area contributed by atoms with E-state index in [0.29, 0.717) is 0 Å². The number of hydrogen-bond acceptors (Lipinski definition) is 3. The van der Waals surface area contributed by atoms with Gasteiger partial charge in [-0.1, -0.05) is 140 Å². The molecule has 3 heteroatoms. The normalized spacial score (nSPS) is 11.7. The molecule has 0 radical (unpaired) electrons. The van der Waals surface area contributed by atoms with Crippen LogP contribution in [0.3, 0.4) is 0 Å². The van der Waals surface area contributed by atoms with Crippen LogP contribution >= 0.6 is 0 Å². The van der Waals surface area contributed by atoms with E-state index in [1.54, 1.807) is 0 Å². The number of fused-ring (bicyclic) bond motifs is 8. The average molecular weight is 754 g/mol. The summed E-state index contributed by atoms with van der Waals surface area (Å²) in [4.78, 5) is 2.40. The van der Waals surface area contributed by atoms with Gasteiger partial charge >= 0.3 is 0 Å². The minimum Gasteiger partial charge on any atom is -0.456 e. The van der Waals surface area contributed by atoms with Crippen molar-refractivity contribution in [3.05, 3.63) is 212 Å². The molecule has 10 aromatic carbocycles. The molecule has 12 aromatic rings. The SMILES string of the molecule is c1cc(-c2ccc3ccccc3c2)cc(N(c2ccc(-c3ccc4oc5ccccc5c4c3)cc2)c2ccccc2-c2cccc3oc4cc5ccccc5cc4c23)c1. The Morgan fingerprint density at radius 2 is 0.898 bits per heavy atom. The second-order valence-corrected chi connectivity index (χ2v) is 15.3. The van der Waals surface area contributed by atoms with E-state index in [1.807, 2.05) is 12.1 Å². The van der Waals surface area contributed by atoms with Gasteiger partial charge < -0.3 is 13.7 Å². The minimum absolute atomic E-state index is 0.874. The molecule has 12 rings (SSSR count). The lowest BCUT2D eigenvalue weighted by atomic mass is 9.95. The molecule has 0 aliphatic heterocycles.